The summed E-state index contributed by atoms with van der Waals surface area (Å²) < 4.78 is 78.7. The van der Waals surface area contributed by atoms with Gasteiger partial charge in [0, 0.05) is 0 Å². The number of nitrogen functional groups attached to an aromatic ring is 1. The smallest absolute Gasteiger partial charge is 0.369 e. The van der Waals surface area contributed by atoms with Gasteiger partial charge in [0.05, 0.1) is 11.0 Å². The molecule has 1 unspecified atom stereocenters. The second-order valence-electron chi connectivity index (χ2n) is 3.76. The van der Waals surface area contributed by atoms with Crippen molar-refractivity contribution in [2.75, 3.05) is 5.73 Å². The number of anilines is 1. The number of halogens is 6. The fourth-order valence-electron chi connectivity index (χ4n) is 1.65. The summed E-state index contributed by atoms with van der Waals surface area (Å²) in [6, 6.07) is 0.531. The molecule has 1 atom stereocenters. The molecule has 0 aliphatic rings. The van der Waals surface area contributed by atoms with Crippen LogP contribution in [0.1, 0.15) is 0 Å². The Balaban J connectivity index is 2.48. The molecule has 10 heteroatoms. The van der Waals surface area contributed by atoms with E-state index in [0.29, 0.717) is 0 Å². The maximum Gasteiger partial charge on any atom is 0.525 e. The van der Waals surface area contributed by atoms with Crippen molar-refractivity contribution < 1.29 is 31.1 Å². The standard InChI is InChI=1S/C10H7F6N3O/c11-7(20-10(14,15)16)9(12,13)19-6-4-2-1-3-5(6)18-8(19)17/h1-4,7H,(H2,17,18). The summed E-state index contributed by atoms with van der Waals surface area (Å²) in [5.74, 6) is -0.829. The van der Waals surface area contributed by atoms with Crippen LogP contribution in [0.5, 0.6) is 0 Å². The Morgan fingerprint density at radius 3 is 2.35 bits per heavy atom. The summed E-state index contributed by atoms with van der Waals surface area (Å²) >= 11 is 0. The number of ether oxygens (including phenoxy) is 1. The van der Waals surface area contributed by atoms with Gasteiger partial charge in [0.1, 0.15) is 0 Å². The minimum atomic E-state index is -5.55. The Bertz CT molecular complexity index is 623. The van der Waals surface area contributed by atoms with Crippen molar-refractivity contribution in [3.63, 3.8) is 0 Å². The number of imidazole rings is 1. The van der Waals surface area contributed by atoms with Crippen molar-refractivity contribution in [1.82, 2.24) is 9.55 Å². The molecule has 2 N–H and O–H groups in total. The van der Waals surface area contributed by atoms with Crippen molar-refractivity contribution >= 4 is 17.0 Å². The van der Waals surface area contributed by atoms with Crippen LogP contribution in [0.3, 0.4) is 0 Å². The Labute approximate surface area is 107 Å². The van der Waals surface area contributed by atoms with E-state index in [4.69, 9.17) is 5.73 Å². The van der Waals surface area contributed by atoms with E-state index in [-0.39, 0.29) is 15.6 Å². The molecule has 0 aliphatic carbocycles. The van der Waals surface area contributed by atoms with Gasteiger partial charge in [-0.15, -0.1) is 13.2 Å². The maximum atomic E-state index is 13.7. The zero-order valence-electron chi connectivity index (χ0n) is 9.53. The van der Waals surface area contributed by atoms with Crippen LogP contribution in [-0.4, -0.2) is 22.3 Å². The molecular weight excluding hydrogens is 292 g/mol. The van der Waals surface area contributed by atoms with E-state index < -0.39 is 24.7 Å². The molecule has 0 saturated carbocycles. The molecule has 0 aliphatic heterocycles. The van der Waals surface area contributed by atoms with Gasteiger partial charge in [-0.25, -0.2) is 18.7 Å². The van der Waals surface area contributed by atoms with E-state index in [1.54, 1.807) is 0 Å². The van der Waals surface area contributed by atoms with Crippen LogP contribution in [0.15, 0.2) is 24.3 Å². The van der Waals surface area contributed by atoms with Gasteiger partial charge in [-0.1, -0.05) is 12.1 Å². The van der Waals surface area contributed by atoms with Gasteiger partial charge >= 0.3 is 12.4 Å². The van der Waals surface area contributed by atoms with E-state index in [1.807, 2.05) is 0 Å². The third kappa shape index (κ3) is 2.50. The summed E-state index contributed by atoms with van der Waals surface area (Å²) in [6.45, 7) is 0. The van der Waals surface area contributed by atoms with Crippen molar-refractivity contribution in [3.05, 3.63) is 24.3 Å². The first-order valence-electron chi connectivity index (χ1n) is 5.13. The van der Waals surface area contributed by atoms with Crippen LogP contribution in [0.2, 0.25) is 0 Å². The zero-order valence-corrected chi connectivity index (χ0v) is 9.53. The van der Waals surface area contributed by atoms with Crippen molar-refractivity contribution in [1.29, 1.82) is 0 Å². The molecule has 2 rings (SSSR count). The lowest BCUT2D eigenvalue weighted by Crippen LogP contribution is -2.39. The summed E-state index contributed by atoms with van der Waals surface area (Å²) in [6.07, 6.45) is -9.50. The average Bonchev–Trinajstić information content (AvgIpc) is 2.62. The molecule has 0 radical (unpaired) electrons. The highest BCUT2D eigenvalue weighted by Crippen LogP contribution is 2.37. The topological polar surface area (TPSA) is 53.1 Å². The number of hydrogen-bond donors (Lipinski definition) is 1. The molecule has 0 bridgehead atoms. The SMILES string of the molecule is Nc1nc2ccccc2n1C(F)(F)C(F)OC(F)(F)F. The quantitative estimate of drug-likeness (QED) is 0.886. The predicted octanol–water partition coefficient (Wildman–Crippen LogP) is 3.00. The fraction of sp³-hybridized carbons (Fsp3) is 0.300. The average molecular weight is 299 g/mol. The number of para-hydroxylation sites is 2. The van der Waals surface area contributed by atoms with E-state index in [0.717, 1.165) is 6.07 Å². The van der Waals surface area contributed by atoms with E-state index in [9.17, 15) is 26.3 Å². The molecule has 0 fully saturated rings. The summed E-state index contributed by atoms with van der Waals surface area (Å²) in [5, 5.41) is 0. The van der Waals surface area contributed by atoms with Gasteiger partial charge in [-0.3, -0.25) is 0 Å². The first-order valence-corrected chi connectivity index (χ1v) is 5.13. The van der Waals surface area contributed by atoms with Gasteiger partial charge in [0.25, 0.3) is 6.36 Å². The van der Waals surface area contributed by atoms with Crippen LogP contribution in [0, 0.1) is 0 Å². The predicted molar refractivity (Wildman–Crippen MR) is 56.4 cm³/mol. The van der Waals surface area contributed by atoms with E-state index >= 15 is 0 Å². The van der Waals surface area contributed by atoms with Crippen LogP contribution in [0.25, 0.3) is 11.0 Å². The number of nitrogens with two attached hydrogens (primary N) is 1. The molecule has 2 aromatic rings. The van der Waals surface area contributed by atoms with Crippen LogP contribution < -0.4 is 5.73 Å². The normalized spacial score (nSPS) is 14.7. The molecule has 110 valence electrons. The van der Waals surface area contributed by atoms with Crippen molar-refractivity contribution in [2.45, 2.75) is 18.8 Å². The van der Waals surface area contributed by atoms with Gasteiger partial charge in [-0.2, -0.15) is 8.78 Å². The minimum Gasteiger partial charge on any atom is -0.369 e. The molecule has 1 heterocycles. The lowest BCUT2D eigenvalue weighted by Gasteiger charge is -2.23. The first-order chi connectivity index (χ1) is 9.13. The summed E-state index contributed by atoms with van der Waals surface area (Å²) in [5.41, 5.74) is 4.88. The third-order valence-corrected chi connectivity index (χ3v) is 2.40. The van der Waals surface area contributed by atoms with E-state index in [1.165, 1.54) is 18.2 Å². The second kappa shape index (κ2) is 4.54. The number of benzene rings is 1. The number of hydrogen-bond acceptors (Lipinski definition) is 3. The molecule has 20 heavy (non-hydrogen) atoms. The maximum absolute atomic E-state index is 13.7. The van der Waals surface area contributed by atoms with Crippen LogP contribution in [0.4, 0.5) is 32.3 Å². The lowest BCUT2D eigenvalue weighted by molar-refractivity contribution is -0.398. The number of fused-ring (bicyclic) bond motifs is 1. The van der Waals surface area contributed by atoms with E-state index in [2.05, 4.69) is 9.72 Å². The van der Waals surface area contributed by atoms with Gasteiger partial charge in [-0.05, 0) is 12.1 Å². The second-order valence-corrected chi connectivity index (χ2v) is 3.76. The molecule has 0 amide bonds. The van der Waals surface area contributed by atoms with Crippen LogP contribution >= 0.6 is 0 Å². The molecule has 1 aromatic heterocycles. The molecule has 0 spiro atoms. The largest absolute Gasteiger partial charge is 0.525 e. The first kappa shape index (κ1) is 14.4. The Kier molecular flexibility index (Phi) is 3.28. The summed E-state index contributed by atoms with van der Waals surface area (Å²) in [4.78, 5) is 3.52. The van der Waals surface area contributed by atoms with Crippen molar-refractivity contribution in [3.8, 4) is 0 Å². The molecule has 0 saturated heterocycles. The molecule has 1 aromatic carbocycles. The third-order valence-electron chi connectivity index (χ3n) is 2.40. The molecular formula is C10H7F6N3O. The Morgan fingerprint density at radius 1 is 1.15 bits per heavy atom. The number of rotatable bonds is 3. The summed E-state index contributed by atoms with van der Waals surface area (Å²) in [7, 11) is 0. The minimum absolute atomic E-state index is 0.0103. The highest BCUT2D eigenvalue weighted by atomic mass is 19.4. The van der Waals surface area contributed by atoms with Gasteiger partial charge in [0.2, 0.25) is 5.95 Å². The fourth-order valence-corrected chi connectivity index (χ4v) is 1.65. The number of aromatic nitrogens is 2. The number of nitrogens with zero attached hydrogens (tertiary/aromatic N) is 2. The van der Waals surface area contributed by atoms with Gasteiger partial charge in [0.15, 0.2) is 0 Å². The van der Waals surface area contributed by atoms with Crippen molar-refractivity contribution in [2.24, 2.45) is 0 Å². The Morgan fingerprint density at radius 2 is 1.75 bits per heavy atom. The Hall–Kier alpha value is -1.97. The number of alkyl halides is 6. The molecule has 4 nitrogen and oxygen atoms in total. The van der Waals surface area contributed by atoms with Crippen LogP contribution in [-0.2, 0) is 10.8 Å². The highest BCUT2D eigenvalue weighted by Gasteiger charge is 2.51. The highest BCUT2D eigenvalue weighted by molar-refractivity contribution is 5.78. The lowest BCUT2D eigenvalue weighted by atomic mass is 10.3. The van der Waals surface area contributed by atoms with Gasteiger partial charge < -0.3 is 5.73 Å². The monoisotopic (exact) mass is 299 g/mol. The zero-order chi connectivity index (χ0) is 15.1.